The van der Waals surface area contributed by atoms with E-state index >= 15 is 0 Å². The summed E-state index contributed by atoms with van der Waals surface area (Å²) in [5, 5.41) is 0.394. The van der Waals surface area contributed by atoms with Crippen molar-refractivity contribution < 1.29 is 9.53 Å². The van der Waals surface area contributed by atoms with Gasteiger partial charge in [0.15, 0.2) is 5.82 Å². The van der Waals surface area contributed by atoms with E-state index in [1.807, 2.05) is 0 Å². The van der Waals surface area contributed by atoms with E-state index in [0.717, 1.165) is 6.29 Å². The molecule has 0 amide bonds. The lowest BCUT2D eigenvalue weighted by Gasteiger charge is -2.06. The fraction of sp³-hybridized carbons (Fsp3) is 0.0833. The van der Waals surface area contributed by atoms with Crippen LogP contribution in [0.5, 0.6) is 5.75 Å². The quantitative estimate of drug-likeness (QED) is 0.780. The second-order valence-corrected chi connectivity index (χ2v) is 3.67. The van der Waals surface area contributed by atoms with Crippen LogP contribution >= 0.6 is 11.6 Å². The van der Waals surface area contributed by atoms with E-state index in [1.54, 1.807) is 36.7 Å². The Morgan fingerprint density at radius 2 is 2.06 bits per heavy atom. The highest BCUT2D eigenvalue weighted by Gasteiger charge is 2.04. The zero-order valence-corrected chi connectivity index (χ0v) is 9.59. The molecule has 1 aromatic heterocycles. The number of hydrogen-bond acceptors (Lipinski definition) is 4. The molecule has 2 rings (SSSR count). The van der Waals surface area contributed by atoms with Crippen molar-refractivity contribution in [1.29, 1.82) is 0 Å². The number of benzene rings is 1. The summed E-state index contributed by atoms with van der Waals surface area (Å²) in [6, 6.07) is 6.57. The van der Waals surface area contributed by atoms with Crippen molar-refractivity contribution in [3.05, 3.63) is 53.1 Å². The number of aromatic nitrogens is 2. The normalized spacial score (nSPS) is 9.94. The Morgan fingerprint density at radius 1 is 1.29 bits per heavy atom. The summed E-state index contributed by atoms with van der Waals surface area (Å²) < 4.78 is 5.45. The van der Waals surface area contributed by atoms with E-state index < -0.39 is 0 Å². The molecule has 0 aliphatic carbocycles. The third-order valence-electron chi connectivity index (χ3n) is 2.07. The zero-order chi connectivity index (χ0) is 12.1. The highest BCUT2D eigenvalue weighted by Crippen LogP contribution is 2.25. The standard InChI is InChI=1S/C12H9ClN2O2/c13-10-6-9(7-16)2-3-11(10)17-8-12-14-4-1-5-15-12/h1-7H,8H2. The molecule has 17 heavy (non-hydrogen) atoms. The van der Waals surface area contributed by atoms with Crippen molar-refractivity contribution in [2.75, 3.05) is 0 Å². The summed E-state index contributed by atoms with van der Waals surface area (Å²) in [6.07, 6.45) is 4.02. The highest BCUT2D eigenvalue weighted by molar-refractivity contribution is 6.32. The van der Waals surface area contributed by atoms with Crippen LogP contribution in [0.1, 0.15) is 16.2 Å². The molecule has 86 valence electrons. The molecule has 0 aliphatic rings. The van der Waals surface area contributed by atoms with Gasteiger partial charge in [0.25, 0.3) is 0 Å². The van der Waals surface area contributed by atoms with Gasteiger partial charge in [-0.15, -0.1) is 0 Å². The first kappa shape index (κ1) is 11.5. The minimum atomic E-state index is 0.237. The minimum Gasteiger partial charge on any atom is -0.484 e. The molecule has 0 saturated heterocycles. The van der Waals surface area contributed by atoms with Gasteiger partial charge in [0.1, 0.15) is 18.6 Å². The van der Waals surface area contributed by atoms with Gasteiger partial charge < -0.3 is 4.74 Å². The van der Waals surface area contributed by atoms with Crippen molar-refractivity contribution in [3.8, 4) is 5.75 Å². The van der Waals surface area contributed by atoms with Gasteiger partial charge >= 0.3 is 0 Å². The van der Waals surface area contributed by atoms with Crippen molar-refractivity contribution >= 4 is 17.9 Å². The summed E-state index contributed by atoms with van der Waals surface area (Å²) in [5.74, 6) is 1.08. The first-order chi connectivity index (χ1) is 8.29. The summed E-state index contributed by atoms with van der Waals surface area (Å²) >= 11 is 5.95. The number of halogens is 1. The molecule has 0 bridgehead atoms. The molecular formula is C12H9ClN2O2. The third-order valence-corrected chi connectivity index (χ3v) is 2.36. The largest absolute Gasteiger partial charge is 0.484 e. The van der Waals surface area contributed by atoms with Crippen LogP contribution in [-0.4, -0.2) is 16.3 Å². The molecular weight excluding hydrogens is 240 g/mol. The monoisotopic (exact) mass is 248 g/mol. The van der Waals surface area contributed by atoms with E-state index in [0.29, 0.717) is 22.2 Å². The number of carbonyl (C=O) groups is 1. The van der Waals surface area contributed by atoms with Gasteiger partial charge in [-0.05, 0) is 24.3 Å². The molecule has 1 heterocycles. The zero-order valence-electron chi connectivity index (χ0n) is 8.84. The topological polar surface area (TPSA) is 52.1 Å². The number of ether oxygens (including phenoxy) is 1. The Morgan fingerprint density at radius 3 is 2.71 bits per heavy atom. The smallest absolute Gasteiger partial charge is 0.166 e. The summed E-state index contributed by atoms with van der Waals surface area (Å²) in [6.45, 7) is 0.237. The van der Waals surface area contributed by atoms with Crippen molar-refractivity contribution in [2.24, 2.45) is 0 Å². The molecule has 0 saturated carbocycles. The Kier molecular flexibility index (Phi) is 3.67. The molecule has 0 unspecified atom stereocenters. The number of carbonyl (C=O) groups excluding carboxylic acids is 1. The van der Waals surface area contributed by atoms with E-state index in [4.69, 9.17) is 16.3 Å². The number of hydrogen-bond donors (Lipinski definition) is 0. The van der Waals surface area contributed by atoms with Gasteiger partial charge in [-0.2, -0.15) is 0 Å². The molecule has 0 fully saturated rings. The third kappa shape index (κ3) is 3.01. The van der Waals surface area contributed by atoms with Crippen LogP contribution in [-0.2, 0) is 6.61 Å². The van der Waals surface area contributed by atoms with Gasteiger partial charge in [-0.1, -0.05) is 11.6 Å². The predicted molar refractivity (Wildman–Crippen MR) is 63.2 cm³/mol. The van der Waals surface area contributed by atoms with E-state index in [-0.39, 0.29) is 6.61 Å². The molecule has 4 nitrogen and oxygen atoms in total. The lowest BCUT2D eigenvalue weighted by molar-refractivity contribution is 0.112. The van der Waals surface area contributed by atoms with Crippen LogP contribution in [0.15, 0.2) is 36.7 Å². The van der Waals surface area contributed by atoms with E-state index in [2.05, 4.69) is 9.97 Å². The molecule has 5 heteroatoms. The second-order valence-electron chi connectivity index (χ2n) is 3.26. The molecule has 0 radical (unpaired) electrons. The highest BCUT2D eigenvalue weighted by atomic mass is 35.5. The van der Waals surface area contributed by atoms with Crippen molar-refractivity contribution in [1.82, 2.24) is 9.97 Å². The molecule has 0 atom stereocenters. The molecule has 2 aromatic rings. The van der Waals surface area contributed by atoms with Crippen LogP contribution in [0.4, 0.5) is 0 Å². The predicted octanol–water partition coefficient (Wildman–Crippen LogP) is 2.52. The molecule has 1 aromatic carbocycles. The fourth-order valence-corrected chi connectivity index (χ4v) is 1.50. The van der Waals surface area contributed by atoms with Gasteiger partial charge in [-0.3, -0.25) is 4.79 Å². The average Bonchev–Trinajstić information content (AvgIpc) is 2.38. The lowest BCUT2D eigenvalue weighted by atomic mass is 10.2. The van der Waals surface area contributed by atoms with Gasteiger partial charge in [-0.25, -0.2) is 9.97 Å². The Bertz CT molecular complexity index is 517. The van der Waals surface area contributed by atoms with Crippen LogP contribution in [0.25, 0.3) is 0 Å². The second kappa shape index (κ2) is 5.41. The first-order valence-electron chi connectivity index (χ1n) is 4.93. The average molecular weight is 249 g/mol. The maximum Gasteiger partial charge on any atom is 0.166 e. The van der Waals surface area contributed by atoms with Gasteiger partial charge in [0.2, 0.25) is 0 Å². The fourth-order valence-electron chi connectivity index (χ4n) is 1.25. The van der Waals surface area contributed by atoms with Crippen molar-refractivity contribution in [2.45, 2.75) is 6.61 Å². The van der Waals surface area contributed by atoms with Crippen LogP contribution in [0, 0.1) is 0 Å². The summed E-state index contributed by atoms with van der Waals surface area (Å²) in [4.78, 5) is 18.6. The summed E-state index contributed by atoms with van der Waals surface area (Å²) in [5.41, 5.74) is 0.512. The first-order valence-corrected chi connectivity index (χ1v) is 5.31. The maximum atomic E-state index is 10.5. The van der Waals surface area contributed by atoms with Gasteiger partial charge in [0.05, 0.1) is 5.02 Å². The Balaban J connectivity index is 2.07. The Hall–Kier alpha value is -1.94. The van der Waals surface area contributed by atoms with Crippen LogP contribution in [0.2, 0.25) is 5.02 Å². The number of rotatable bonds is 4. The molecule has 0 aliphatic heterocycles. The number of aldehydes is 1. The van der Waals surface area contributed by atoms with E-state index in [9.17, 15) is 4.79 Å². The number of nitrogens with zero attached hydrogens (tertiary/aromatic N) is 2. The SMILES string of the molecule is O=Cc1ccc(OCc2ncccn2)c(Cl)c1. The van der Waals surface area contributed by atoms with Gasteiger partial charge in [0, 0.05) is 18.0 Å². The lowest BCUT2D eigenvalue weighted by Crippen LogP contribution is -2.00. The van der Waals surface area contributed by atoms with E-state index in [1.165, 1.54) is 0 Å². The molecule has 0 N–H and O–H groups in total. The molecule has 0 spiro atoms. The maximum absolute atomic E-state index is 10.5. The van der Waals surface area contributed by atoms with Crippen LogP contribution < -0.4 is 4.74 Å². The van der Waals surface area contributed by atoms with Crippen LogP contribution in [0.3, 0.4) is 0 Å². The minimum absolute atomic E-state index is 0.237. The summed E-state index contributed by atoms with van der Waals surface area (Å²) in [7, 11) is 0. The van der Waals surface area contributed by atoms with Crippen molar-refractivity contribution in [3.63, 3.8) is 0 Å². The Labute approximate surface area is 103 Å².